The van der Waals surface area contributed by atoms with E-state index in [4.69, 9.17) is 4.74 Å². The fourth-order valence-electron chi connectivity index (χ4n) is 0.942. The second kappa shape index (κ2) is 4.56. The van der Waals surface area contributed by atoms with Crippen LogP contribution in [-0.4, -0.2) is 12.9 Å². The summed E-state index contributed by atoms with van der Waals surface area (Å²) in [4.78, 5) is 10.4. The molecule has 1 aromatic rings. The summed E-state index contributed by atoms with van der Waals surface area (Å²) in [5, 5.41) is 0. The van der Waals surface area contributed by atoms with Crippen molar-refractivity contribution in [3.63, 3.8) is 0 Å². The number of carbonyl (C=O) groups is 1. The van der Waals surface area contributed by atoms with Gasteiger partial charge in [-0.1, -0.05) is 6.58 Å². The first-order chi connectivity index (χ1) is 6.61. The van der Waals surface area contributed by atoms with Gasteiger partial charge in [0.05, 0.1) is 0 Å². The van der Waals surface area contributed by atoms with Crippen LogP contribution in [0.5, 0.6) is 5.75 Å². The van der Waals surface area contributed by atoms with E-state index in [0.29, 0.717) is 18.6 Å². The number of carbonyl (C=O) groups excluding carboxylic acids is 1. The van der Waals surface area contributed by atoms with E-state index >= 15 is 0 Å². The number of ether oxygens (including phenoxy) is 1. The van der Waals surface area contributed by atoms with Crippen molar-refractivity contribution in [1.29, 1.82) is 0 Å². The van der Waals surface area contributed by atoms with Gasteiger partial charge >= 0.3 is 0 Å². The lowest BCUT2D eigenvalue weighted by molar-refractivity contribution is 0.112. The quantitative estimate of drug-likeness (QED) is 0.544. The number of halogens is 1. The smallest absolute Gasteiger partial charge is 0.150 e. The summed E-state index contributed by atoms with van der Waals surface area (Å²) in [5.74, 6) is -0.138. The maximum Gasteiger partial charge on any atom is 0.150 e. The van der Waals surface area contributed by atoms with Gasteiger partial charge < -0.3 is 4.74 Å². The minimum absolute atomic E-state index is 0.265. The van der Waals surface area contributed by atoms with Crippen molar-refractivity contribution in [2.24, 2.45) is 0 Å². The van der Waals surface area contributed by atoms with Gasteiger partial charge in [-0.3, -0.25) is 4.79 Å². The van der Waals surface area contributed by atoms with Crippen LogP contribution in [0.25, 0.3) is 0 Å². The molecule has 0 unspecified atom stereocenters. The molecule has 74 valence electrons. The second-order valence-electron chi connectivity index (χ2n) is 3.08. The molecular weight excluding hydrogens is 183 g/mol. The molecule has 0 amide bonds. The maximum atomic E-state index is 12.9. The van der Waals surface area contributed by atoms with Gasteiger partial charge in [0.1, 0.15) is 24.5 Å². The van der Waals surface area contributed by atoms with Crippen LogP contribution in [0.2, 0.25) is 0 Å². The number of aldehydes is 1. The Kier molecular flexibility index (Phi) is 3.40. The summed E-state index contributed by atoms with van der Waals surface area (Å²) < 4.78 is 18.1. The van der Waals surface area contributed by atoms with Gasteiger partial charge in [-0.05, 0) is 24.6 Å². The molecular formula is C11H11FO2. The van der Waals surface area contributed by atoms with E-state index in [0.717, 1.165) is 11.6 Å². The predicted octanol–water partition coefficient (Wildman–Crippen LogP) is 2.59. The third-order valence-corrected chi connectivity index (χ3v) is 1.51. The van der Waals surface area contributed by atoms with Crippen molar-refractivity contribution in [2.45, 2.75) is 6.92 Å². The van der Waals surface area contributed by atoms with E-state index in [9.17, 15) is 9.18 Å². The zero-order chi connectivity index (χ0) is 10.6. The first kappa shape index (κ1) is 10.4. The van der Waals surface area contributed by atoms with Gasteiger partial charge in [-0.2, -0.15) is 0 Å². The zero-order valence-corrected chi connectivity index (χ0v) is 7.92. The standard InChI is InChI=1S/C11H11FO2/c1-8(2)7-14-11-4-9(6-13)3-10(12)5-11/h3-6H,1,7H2,2H3. The Balaban J connectivity index is 2.81. The van der Waals surface area contributed by atoms with Crippen LogP contribution in [0.4, 0.5) is 4.39 Å². The molecule has 2 nitrogen and oxygen atoms in total. The fourth-order valence-corrected chi connectivity index (χ4v) is 0.942. The van der Waals surface area contributed by atoms with Gasteiger partial charge in [-0.15, -0.1) is 0 Å². The lowest BCUT2D eigenvalue weighted by Gasteiger charge is -2.05. The number of hydrogen-bond donors (Lipinski definition) is 0. The largest absolute Gasteiger partial charge is 0.489 e. The van der Waals surface area contributed by atoms with Crippen molar-refractivity contribution >= 4 is 6.29 Å². The molecule has 0 aliphatic carbocycles. The fraction of sp³-hybridized carbons (Fsp3) is 0.182. The summed E-state index contributed by atoms with van der Waals surface area (Å²) in [6, 6.07) is 3.87. The van der Waals surface area contributed by atoms with Crippen molar-refractivity contribution in [1.82, 2.24) is 0 Å². The number of hydrogen-bond acceptors (Lipinski definition) is 2. The molecule has 3 heteroatoms. The topological polar surface area (TPSA) is 26.3 Å². The molecule has 0 fully saturated rings. The van der Waals surface area contributed by atoms with E-state index in [1.807, 2.05) is 0 Å². The average Bonchev–Trinajstić information content (AvgIpc) is 2.14. The summed E-state index contributed by atoms with van der Waals surface area (Å²) in [7, 11) is 0. The SMILES string of the molecule is C=C(C)COc1cc(F)cc(C=O)c1. The maximum absolute atomic E-state index is 12.9. The van der Waals surface area contributed by atoms with E-state index in [1.54, 1.807) is 6.92 Å². The Morgan fingerprint density at radius 2 is 2.29 bits per heavy atom. The van der Waals surface area contributed by atoms with Gasteiger partial charge in [-0.25, -0.2) is 4.39 Å². The van der Waals surface area contributed by atoms with Crippen molar-refractivity contribution < 1.29 is 13.9 Å². The first-order valence-electron chi connectivity index (χ1n) is 4.15. The highest BCUT2D eigenvalue weighted by Crippen LogP contribution is 2.15. The third kappa shape index (κ3) is 3.01. The average molecular weight is 194 g/mol. The Hall–Kier alpha value is -1.64. The molecule has 1 aromatic carbocycles. The van der Waals surface area contributed by atoms with Crippen LogP contribution in [0.1, 0.15) is 17.3 Å². The molecule has 0 saturated heterocycles. The highest BCUT2D eigenvalue weighted by atomic mass is 19.1. The molecule has 0 bridgehead atoms. The van der Waals surface area contributed by atoms with Crippen LogP contribution < -0.4 is 4.74 Å². The highest BCUT2D eigenvalue weighted by Gasteiger charge is 2.00. The zero-order valence-electron chi connectivity index (χ0n) is 7.92. The number of benzene rings is 1. The predicted molar refractivity (Wildman–Crippen MR) is 52.1 cm³/mol. The van der Waals surface area contributed by atoms with Gasteiger partial charge in [0.2, 0.25) is 0 Å². The van der Waals surface area contributed by atoms with Crippen LogP contribution >= 0.6 is 0 Å². The molecule has 14 heavy (non-hydrogen) atoms. The molecule has 0 saturated carbocycles. The lowest BCUT2D eigenvalue weighted by Crippen LogP contribution is -1.98. The second-order valence-corrected chi connectivity index (χ2v) is 3.08. The Labute approximate surface area is 82.0 Å². The van der Waals surface area contributed by atoms with Crippen LogP contribution in [0, 0.1) is 5.82 Å². The molecule has 0 aromatic heterocycles. The first-order valence-corrected chi connectivity index (χ1v) is 4.15. The van der Waals surface area contributed by atoms with E-state index in [2.05, 4.69) is 6.58 Å². The van der Waals surface area contributed by atoms with Crippen LogP contribution in [-0.2, 0) is 0 Å². The minimum atomic E-state index is -0.480. The van der Waals surface area contributed by atoms with Gasteiger partial charge in [0.15, 0.2) is 0 Å². The molecule has 0 atom stereocenters. The normalized spacial score (nSPS) is 9.57. The summed E-state index contributed by atoms with van der Waals surface area (Å²) in [6.07, 6.45) is 0.580. The van der Waals surface area contributed by atoms with Gasteiger partial charge in [0, 0.05) is 11.6 Å². The summed E-state index contributed by atoms with van der Waals surface area (Å²) in [5.41, 5.74) is 1.10. The van der Waals surface area contributed by atoms with Gasteiger partial charge in [0.25, 0.3) is 0 Å². The molecule has 0 N–H and O–H groups in total. The number of rotatable bonds is 4. The van der Waals surface area contributed by atoms with Crippen molar-refractivity contribution in [3.05, 3.63) is 41.7 Å². The minimum Gasteiger partial charge on any atom is -0.489 e. The summed E-state index contributed by atoms with van der Waals surface area (Å²) in [6.45, 7) is 5.77. The third-order valence-electron chi connectivity index (χ3n) is 1.51. The van der Waals surface area contributed by atoms with E-state index < -0.39 is 5.82 Å². The molecule has 0 heterocycles. The Morgan fingerprint density at radius 3 is 2.86 bits per heavy atom. The van der Waals surface area contributed by atoms with Crippen LogP contribution in [0.15, 0.2) is 30.4 Å². The molecule has 0 aliphatic heterocycles. The molecule has 1 rings (SSSR count). The van der Waals surface area contributed by atoms with Crippen LogP contribution in [0.3, 0.4) is 0 Å². The van der Waals surface area contributed by atoms with Crippen molar-refractivity contribution in [2.75, 3.05) is 6.61 Å². The molecule has 0 aliphatic rings. The monoisotopic (exact) mass is 194 g/mol. The summed E-state index contributed by atoms with van der Waals surface area (Å²) >= 11 is 0. The Morgan fingerprint density at radius 1 is 1.57 bits per heavy atom. The van der Waals surface area contributed by atoms with Crippen molar-refractivity contribution in [3.8, 4) is 5.75 Å². The molecule has 0 radical (unpaired) electrons. The Bertz CT molecular complexity index is 358. The van der Waals surface area contributed by atoms with E-state index in [1.165, 1.54) is 12.1 Å². The lowest BCUT2D eigenvalue weighted by atomic mass is 10.2. The van der Waals surface area contributed by atoms with E-state index in [-0.39, 0.29) is 5.56 Å². The molecule has 0 spiro atoms. The highest BCUT2D eigenvalue weighted by molar-refractivity contribution is 5.75.